The molecule has 3 nitrogen and oxygen atoms in total. The Kier molecular flexibility index (Phi) is 4.54. The van der Waals surface area contributed by atoms with Crippen LogP contribution >= 0.6 is 11.3 Å². The van der Waals surface area contributed by atoms with Crippen LogP contribution in [0.1, 0.15) is 43.3 Å². The third-order valence-corrected chi connectivity index (χ3v) is 4.72. The van der Waals surface area contributed by atoms with Crippen LogP contribution < -0.4 is 5.32 Å². The minimum atomic E-state index is 0.403. The molecule has 96 valence electrons. The zero-order valence-electron chi connectivity index (χ0n) is 10.9. The lowest BCUT2D eigenvalue weighted by Gasteiger charge is -2.20. The van der Waals surface area contributed by atoms with Gasteiger partial charge in [-0.3, -0.25) is 0 Å². The van der Waals surface area contributed by atoms with Crippen molar-refractivity contribution in [2.75, 3.05) is 13.2 Å². The van der Waals surface area contributed by atoms with Crippen molar-refractivity contribution >= 4 is 11.3 Å². The summed E-state index contributed by atoms with van der Waals surface area (Å²) in [7, 11) is 0. The highest BCUT2D eigenvalue weighted by molar-refractivity contribution is 7.09. The second kappa shape index (κ2) is 5.94. The molecule has 1 saturated heterocycles. The van der Waals surface area contributed by atoms with Crippen molar-refractivity contribution in [3.8, 4) is 0 Å². The van der Waals surface area contributed by atoms with E-state index in [2.05, 4.69) is 31.1 Å². The highest BCUT2D eigenvalue weighted by Crippen LogP contribution is 2.25. The van der Waals surface area contributed by atoms with E-state index in [-0.39, 0.29) is 0 Å². The third kappa shape index (κ3) is 3.06. The highest BCUT2D eigenvalue weighted by Gasteiger charge is 2.26. The number of aromatic nitrogens is 1. The van der Waals surface area contributed by atoms with Gasteiger partial charge in [0, 0.05) is 24.1 Å². The fraction of sp³-hybridized carbons (Fsp3) is 0.769. The summed E-state index contributed by atoms with van der Waals surface area (Å²) in [4.78, 5) is 5.66. The molecule has 1 aromatic rings. The number of nitrogens with one attached hydrogen (secondary N) is 1. The SMILES string of the molecule is CCC1OCCC1CNC(C)c1scnc1C. The van der Waals surface area contributed by atoms with Gasteiger partial charge in [-0.1, -0.05) is 6.92 Å². The van der Waals surface area contributed by atoms with Crippen molar-refractivity contribution in [1.29, 1.82) is 0 Å². The number of nitrogens with zero attached hydrogens (tertiary/aromatic N) is 1. The smallest absolute Gasteiger partial charge is 0.0798 e. The van der Waals surface area contributed by atoms with Gasteiger partial charge < -0.3 is 10.1 Å². The van der Waals surface area contributed by atoms with Crippen LogP contribution in [0, 0.1) is 12.8 Å². The Labute approximate surface area is 108 Å². The largest absolute Gasteiger partial charge is 0.378 e. The molecular formula is C13H22N2OS. The molecule has 0 saturated carbocycles. The molecule has 1 N–H and O–H groups in total. The monoisotopic (exact) mass is 254 g/mol. The summed E-state index contributed by atoms with van der Waals surface area (Å²) < 4.78 is 5.71. The summed E-state index contributed by atoms with van der Waals surface area (Å²) in [5, 5.41) is 3.62. The minimum Gasteiger partial charge on any atom is -0.378 e. The predicted molar refractivity (Wildman–Crippen MR) is 71.4 cm³/mol. The van der Waals surface area contributed by atoms with Crippen LogP contribution in [-0.4, -0.2) is 24.2 Å². The number of hydrogen-bond acceptors (Lipinski definition) is 4. The Balaban J connectivity index is 1.84. The standard InChI is InChI=1S/C13H22N2OS/c1-4-12-11(5-6-16-12)7-14-9(2)13-10(3)15-8-17-13/h8-9,11-12,14H,4-7H2,1-3H3. The van der Waals surface area contributed by atoms with Gasteiger partial charge in [0.25, 0.3) is 0 Å². The zero-order valence-corrected chi connectivity index (χ0v) is 11.7. The van der Waals surface area contributed by atoms with Gasteiger partial charge in [-0.05, 0) is 32.6 Å². The van der Waals surface area contributed by atoms with Gasteiger partial charge in [-0.15, -0.1) is 11.3 Å². The Hall–Kier alpha value is -0.450. The number of ether oxygens (including phenoxy) is 1. The van der Waals surface area contributed by atoms with E-state index in [1.807, 2.05) is 5.51 Å². The molecular weight excluding hydrogens is 232 g/mol. The maximum Gasteiger partial charge on any atom is 0.0798 e. The number of aryl methyl sites for hydroxylation is 1. The minimum absolute atomic E-state index is 0.403. The topological polar surface area (TPSA) is 34.1 Å². The fourth-order valence-electron chi connectivity index (χ4n) is 2.52. The van der Waals surface area contributed by atoms with E-state index in [0.29, 0.717) is 18.1 Å². The normalized spacial score (nSPS) is 26.3. The summed E-state index contributed by atoms with van der Waals surface area (Å²) in [6, 6.07) is 0.403. The van der Waals surface area contributed by atoms with Crippen molar-refractivity contribution < 1.29 is 4.74 Å². The van der Waals surface area contributed by atoms with Gasteiger partial charge in [0.1, 0.15) is 0 Å². The summed E-state index contributed by atoms with van der Waals surface area (Å²) in [6.07, 6.45) is 2.78. The van der Waals surface area contributed by atoms with Crippen molar-refractivity contribution in [2.24, 2.45) is 5.92 Å². The van der Waals surface area contributed by atoms with Crippen molar-refractivity contribution in [3.05, 3.63) is 16.1 Å². The van der Waals surface area contributed by atoms with Crippen LogP contribution in [0.2, 0.25) is 0 Å². The molecule has 0 amide bonds. The molecule has 17 heavy (non-hydrogen) atoms. The maximum absolute atomic E-state index is 5.71. The predicted octanol–water partition coefficient (Wildman–Crippen LogP) is 2.92. The molecule has 4 heteroatoms. The van der Waals surface area contributed by atoms with E-state index < -0.39 is 0 Å². The van der Waals surface area contributed by atoms with E-state index in [1.54, 1.807) is 11.3 Å². The fourth-order valence-corrected chi connectivity index (χ4v) is 3.36. The number of rotatable bonds is 5. The van der Waals surface area contributed by atoms with Gasteiger partial charge in [0.15, 0.2) is 0 Å². The first-order valence-corrected chi connectivity index (χ1v) is 7.35. The lowest BCUT2D eigenvalue weighted by Crippen LogP contribution is -2.30. The van der Waals surface area contributed by atoms with Crippen LogP contribution in [0.25, 0.3) is 0 Å². The Bertz CT molecular complexity index is 353. The van der Waals surface area contributed by atoms with Crippen LogP contribution in [0.15, 0.2) is 5.51 Å². The average Bonchev–Trinajstić information content (AvgIpc) is 2.94. The molecule has 3 atom stereocenters. The van der Waals surface area contributed by atoms with Crippen LogP contribution in [0.5, 0.6) is 0 Å². The maximum atomic E-state index is 5.71. The van der Waals surface area contributed by atoms with Crippen LogP contribution in [-0.2, 0) is 4.74 Å². The van der Waals surface area contributed by atoms with Crippen LogP contribution in [0.3, 0.4) is 0 Å². The molecule has 1 aromatic heterocycles. The van der Waals surface area contributed by atoms with Crippen molar-refractivity contribution in [3.63, 3.8) is 0 Å². The number of hydrogen-bond donors (Lipinski definition) is 1. The first-order valence-electron chi connectivity index (χ1n) is 6.47. The van der Waals surface area contributed by atoms with E-state index in [0.717, 1.165) is 25.3 Å². The highest BCUT2D eigenvalue weighted by atomic mass is 32.1. The van der Waals surface area contributed by atoms with E-state index in [9.17, 15) is 0 Å². The van der Waals surface area contributed by atoms with Gasteiger partial charge in [-0.25, -0.2) is 4.98 Å². The summed E-state index contributed by atoms with van der Waals surface area (Å²) in [5.41, 5.74) is 3.08. The molecule has 1 fully saturated rings. The van der Waals surface area contributed by atoms with Crippen LogP contribution in [0.4, 0.5) is 0 Å². The Morgan fingerprint density at radius 3 is 3.12 bits per heavy atom. The molecule has 2 rings (SSSR count). The third-order valence-electron chi connectivity index (χ3n) is 3.61. The first-order chi connectivity index (χ1) is 8.22. The molecule has 1 aliphatic heterocycles. The summed E-state index contributed by atoms with van der Waals surface area (Å²) in [6.45, 7) is 8.49. The van der Waals surface area contributed by atoms with Gasteiger partial charge >= 0.3 is 0 Å². The van der Waals surface area contributed by atoms with E-state index in [1.165, 1.54) is 11.3 Å². The second-order valence-corrected chi connectivity index (χ2v) is 5.68. The quantitative estimate of drug-likeness (QED) is 0.877. The van der Waals surface area contributed by atoms with Gasteiger partial charge in [0.05, 0.1) is 17.3 Å². The van der Waals surface area contributed by atoms with Gasteiger partial charge in [0.2, 0.25) is 0 Å². The molecule has 0 aromatic carbocycles. The van der Waals surface area contributed by atoms with Gasteiger partial charge in [-0.2, -0.15) is 0 Å². The zero-order chi connectivity index (χ0) is 12.3. The molecule has 0 spiro atoms. The second-order valence-electron chi connectivity index (χ2n) is 4.80. The Morgan fingerprint density at radius 1 is 1.65 bits per heavy atom. The molecule has 0 radical (unpaired) electrons. The Morgan fingerprint density at radius 2 is 2.47 bits per heavy atom. The summed E-state index contributed by atoms with van der Waals surface area (Å²) in [5.74, 6) is 0.677. The lowest BCUT2D eigenvalue weighted by atomic mass is 9.99. The molecule has 2 heterocycles. The molecule has 3 unspecified atom stereocenters. The van der Waals surface area contributed by atoms with Crippen molar-refractivity contribution in [2.45, 2.75) is 45.8 Å². The average molecular weight is 254 g/mol. The lowest BCUT2D eigenvalue weighted by molar-refractivity contribution is 0.0867. The molecule has 1 aliphatic rings. The van der Waals surface area contributed by atoms with Crippen molar-refractivity contribution in [1.82, 2.24) is 10.3 Å². The van der Waals surface area contributed by atoms with E-state index >= 15 is 0 Å². The number of thiazole rings is 1. The summed E-state index contributed by atoms with van der Waals surface area (Å²) >= 11 is 1.74. The first kappa shape index (κ1) is 13.0. The molecule has 0 bridgehead atoms. The molecule has 0 aliphatic carbocycles. The van der Waals surface area contributed by atoms with E-state index in [4.69, 9.17) is 4.74 Å².